The Morgan fingerprint density at radius 1 is 0.963 bits per heavy atom. The molecule has 27 heavy (non-hydrogen) atoms. The van der Waals surface area contributed by atoms with Gasteiger partial charge < -0.3 is 14.6 Å². The summed E-state index contributed by atoms with van der Waals surface area (Å²) in [6.07, 6.45) is 0. The first-order valence-electron chi connectivity index (χ1n) is 8.67. The molecule has 0 spiro atoms. The number of hydrogen-bond donors (Lipinski definition) is 1. The molecule has 0 aliphatic carbocycles. The molecule has 0 unspecified atom stereocenters. The summed E-state index contributed by atoms with van der Waals surface area (Å²) in [7, 11) is 1.56. The molecule has 140 valence electrons. The molecule has 2 aromatic carbocycles. The lowest BCUT2D eigenvalue weighted by atomic mass is 10.2. The Morgan fingerprint density at radius 3 is 2.22 bits per heavy atom. The number of ether oxygens (including phenoxy) is 1. The lowest BCUT2D eigenvalue weighted by molar-refractivity contribution is -0.121. The summed E-state index contributed by atoms with van der Waals surface area (Å²) in [5.41, 5.74) is 0.669. The van der Waals surface area contributed by atoms with Crippen molar-refractivity contribution in [1.29, 1.82) is 0 Å². The Hall–Kier alpha value is -3.35. The second-order valence-electron chi connectivity index (χ2n) is 6.02. The van der Waals surface area contributed by atoms with E-state index >= 15 is 0 Å². The maximum atomic E-state index is 12.5. The van der Waals surface area contributed by atoms with Crippen molar-refractivity contribution in [2.24, 2.45) is 0 Å². The van der Waals surface area contributed by atoms with Crippen molar-refractivity contribution in [2.45, 2.75) is 26.6 Å². The van der Waals surface area contributed by atoms with Gasteiger partial charge in [0.05, 0.1) is 18.1 Å². The molecule has 3 rings (SSSR count). The van der Waals surface area contributed by atoms with Crippen molar-refractivity contribution in [1.82, 2.24) is 14.5 Å². The second-order valence-corrected chi connectivity index (χ2v) is 6.02. The lowest BCUT2D eigenvalue weighted by Crippen LogP contribution is -2.43. The molecule has 0 aliphatic rings. The van der Waals surface area contributed by atoms with Crippen LogP contribution in [0.15, 0.2) is 58.1 Å². The second kappa shape index (κ2) is 7.90. The molecular weight excluding hydrogens is 346 g/mol. The zero-order valence-corrected chi connectivity index (χ0v) is 15.3. The fourth-order valence-electron chi connectivity index (χ4n) is 3.08. The van der Waals surface area contributed by atoms with Gasteiger partial charge in [-0.15, -0.1) is 0 Å². The predicted octanol–water partition coefficient (Wildman–Crippen LogP) is 1.51. The average Bonchev–Trinajstić information content (AvgIpc) is 2.70. The Kier molecular flexibility index (Phi) is 5.40. The molecule has 7 nitrogen and oxygen atoms in total. The van der Waals surface area contributed by atoms with Crippen LogP contribution in [0.3, 0.4) is 0 Å². The number of carbonyl (C=O) groups is 1. The van der Waals surface area contributed by atoms with Crippen molar-refractivity contribution in [3.8, 4) is 5.75 Å². The fraction of sp³-hybridized carbons (Fsp3) is 0.250. The summed E-state index contributed by atoms with van der Waals surface area (Å²) < 4.78 is 7.90. The number of aromatic nitrogens is 2. The van der Waals surface area contributed by atoms with Gasteiger partial charge in [0.1, 0.15) is 12.3 Å². The third-order valence-electron chi connectivity index (χ3n) is 4.42. The van der Waals surface area contributed by atoms with Crippen molar-refractivity contribution in [3.05, 3.63) is 74.8 Å². The number of aryl methyl sites for hydroxylation is 1. The largest absolute Gasteiger partial charge is 0.496 e. The number of carbonyl (C=O) groups excluding carboxylic acids is 1. The van der Waals surface area contributed by atoms with Gasteiger partial charge in [0, 0.05) is 18.7 Å². The summed E-state index contributed by atoms with van der Waals surface area (Å²) in [4.78, 5) is 37.3. The third-order valence-corrected chi connectivity index (χ3v) is 4.42. The van der Waals surface area contributed by atoms with Gasteiger partial charge in [-0.3, -0.25) is 19.0 Å². The number of hydrogen-bond acceptors (Lipinski definition) is 4. The van der Waals surface area contributed by atoms with Crippen LogP contribution in [0, 0.1) is 0 Å². The molecule has 3 aromatic rings. The van der Waals surface area contributed by atoms with Crippen LogP contribution in [-0.4, -0.2) is 22.2 Å². The van der Waals surface area contributed by atoms with E-state index in [0.29, 0.717) is 23.3 Å². The Labute approximate surface area is 155 Å². The SMILES string of the molecule is CCn1c(=O)c(=O)n(CC(=O)NCc2ccccc2OC)c2ccccc21. The molecule has 7 heteroatoms. The summed E-state index contributed by atoms with van der Waals surface area (Å²) in [6, 6.07) is 14.4. The maximum absolute atomic E-state index is 12.5. The molecule has 0 bridgehead atoms. The van der Waals surface area contributed by atoms with E-state index in [4.69, 9.17) is 4.74 Å². The van der Waals surface area contributed by atoms with E-state index < -0.39 is 11.1 Å². The van der Waals surface area contributed by atoms with E-state index in [0.717, 1.165) is 5.56 Å². The maximum Gasteiger partial charge on any atom is 0.317 e. The van der Waals surface area contributed by atoms with Crippen LogP contribution >= 0.6 is 0 Å². The van der Waals surface area contributed by atoms with Gasteiger partial charge in [0.15, 0.2) is 0 Å². The van der Waals surface area contributed by atoms with E-state index in [2.05, 4.69) is 5.32 Å². The molecular formula is C20H21N3O4. The molecule has 0 aliphatic heterocycles. The minimum atomic E-state index is -0.706. The van der Waals surface area contributed by atoms with E-state index in [-0.39, 0.29) is 19.0 Å². The van der Waals surface area contributed by atoms with Gasteiger partial charge in [0.25, 0.3) is 0 Å². The minimum absolute atomic E-state index is 0.228. The quantitative estimate of drug-likeness (QED) is 0.670. The van der Waals surface area contributed by atoms with E-state index in [1.165, 1.54) is 9.13 Å². The minimum Gasteiger partial charge on any atom is -0.496 e. The molecule has 1 heterocycles. The Morgan fingerprint density at radius 2 is 1.56 bits per heavy atom. The van der Waals surface area contributed by atoms with Gasteiger partial charge in [0.2, 0.25) is 5.91 Å². The van der Waals surface area contributed by atoms with Gasteiger partial charge in [-0.2, -0.15) is 0 Å². The molecule has 0 saturated carbocycles. The molecule has 0 atom stereocenters. The summed E-state index contributed by atoms with van der Waals surface area (Å²) >= 11 is 0. The van der Waals surface area contributed by atoms with E-state index in [1.807, 2.05) is 24.3 Å². The standard InChI is InChI=1S/C20H21N3O4/c1-3-22-15-9-5-6-10-16(15)23(20(26)19(22)25)13-18(24)21-12-14-8-4-7-11-17(14)27-2/h4-11H,3,12-13H2,1-2H3,(H,21,24). The highest BCUT2D eigenvalue weighted by molar-refractivity contribution is 5.80. The number of rotatable bonds is 6. The number of nitrogens with one attached hydrogen (secondary N) is 1. The highest BCUT2D eigenvalue weighted by Gasteiger charge is 2.14. The molecule has 0 radical (unpaired) electrons. The molecule has 1 amide bonds. The van der Waals surface area contributed by atoms with E-state index in [9.17, 15) is 14.4 Å². The van der Waals surface area contributed by atoms with Gasteiger partial charge in [-0.05, 0) is 25.1 Å². The van der Waals surface area contributed by atoms with Crippen molar-refractivity contribution < 1.29 is 9.53 Å². The first kappa shape index (κ1) is 18.4. The van der Waals surface area contributed by atoms with Gasteiger partial charge >= 0.3 is 11.1 Å². The number of methoxy groups -OCH3 is 1. The smallest absolute Gasteiger partial charge is 0.317 e. The normalized spacial score (nSPS) is 10.7. The lowest BCUT2D eigenvalue weighted by Gasteiger charge is -2.14. The van der Waals surface area contributed by atoms with Crippen molar-refractivity contribution >= 4 is 16.9 Å². The fourth-order valence-corrected chi connectivity index (χ4v) is 3.08. The number of nitrogens with zero attached hydrogens (tertiary/aromatic N) is 2. The third kappa shape index (κ3) is 3.62. The molecule has 0 saturated heterocycles. The van der Waals surface area contributed by atoms with Crippen LogP contribution < -0.4 is 21.2 Å². The van der Waals surface area contributed by atoms with Crippen molar-refractivity contribution in [2.75, 3.05) is 7.11 Å². The first-order valence-corrected chi connectivity index (χ1v) is 8.67. The zero-order valence-electron chi connectivity index (χ0n) is 15.3. The summed E-state index contributed by atoms with van der Waals surface area (Å²) in [5, 5.41) is 2.77. The monoisotopic (exact) mass is 367 g/mol. The highest BCUT2D eigenvalue weighted by Crippen LogP contribution is 2.16. The van der Waals surface area contributed by atoms with Crippen LogP contribution in [-0.2, 0) is 24.4 Å². The number of benzene rings is 2. The summed E-state index contributed by atoms with van der Waals surface area (Å²) in [6.45, 7) is 2.23. The zero-order chi connectivity index (χ0) is 19.4. The molecule has 0 fully saturated rings. The topological polar surface area (TPSA) is 82.3 Å². The van der Waals surface area contributed by atoms with Gasteiger partial charge in [-0.1, -0.05) is 30.3 Å². The number of amides is 1. The van der Waals surface area contributed by atoms with Crippen LogP contribution in [0.4, 0.5) is 0 Å². The highest BCUT2D eigenvalue weighted by atomic mass is 16.5. The van der Waals surface area contributed by atoms with Crippen molar-refractivity contribution in [3.63, 3.8) is 0 Å². The van der Waals surface area contributed by atoms with Crippen LogP contribution in [0.25, 0.3) is 11.0 Å². The average molecular weight is 367 g/mol. The Balaban J connectivity index is 1.88. The first-order chi connectivity index (χ1) is 13.1. The van der Waals surface area contributed by atoms with E-state index in [1.54, 1.807) is 38.3 Å². The van der Waals surface area contributed by atoms with Gasteiger partial charge in [-0.25, -0.2) is 0 Å². The van der Waals surface area contributed by atoms with Crippen LogP contribution in [0.1, 0.15) is 12.5 Å². The van der Waals surface area contributed by atoms with Crippen LogP contribution in [0.5, 0.6) is 5.75 Å². The summed E-state index contributed by atoms with van der Waals surface area (Å²) in [5.74, 6) is 0.313. The number of para-hydroxylation sites is 3. The molecule has 1 N–H and O–H groups in total. The van der Waals surface area contributed by atoms with Crippen LogP contribution in [0.2, 0.25) is 0 Å². The number of fused-ring (bicyclic) bond motifs is 1. The Bertz CT molecular complexity index is 1100. The molecule has 1 aromatic heterocycles. The predicted molar refractivity (Wildman–Crippen MR) is 103 cm³/mol.